The highest BCUT2D eigenvalue weighted by Gasteiger charge is 2.23. The summed E-state index contributed by atoms with van der Waals surface area (Å²) in [7, 11) is -3.85. The summed E-state index contributed by atoms with van der Waals surface area (Å²) in [6.45, 7) is 4.83. The number of nitrogens with two attached hydrogens (primary N) is 1. The normalized spacial score (nSPS) is 11.6. The Balaban J connectivity index is 2.52. The van der Waals surface area contributed by atoms with Crippen molar-refractivity contribution in [2.45, 2.75) is 25.7 Å². The average Bonchev–Trinajstić information content (AvgIpc) is 2.70. The van der Waals surface area contributed by atoms with Crippen molar-refractivity contribution in [2.75, 3.05) is 10.5 Å². The molecule has 3 N–H and O–H groups in total. The number of aromatic nitrogens is 1. The number of hydrogen-bond acceptors (Lipinski definition) is 5. The van der Waals surface area contributed by atoms with Gasteiger partial charge < -0.3 is 5.73 Å². The second-order valence-corrected chi connectivity index (χ2v) is 7.28. The Bertz CT molecular complexity index is 769. The summed E-state index contributed by atoms with van der Waals surface area (Å²) < 4.78 is 40.7. The molecule has 0 amide bonds. The van der Waals surface area contributed by atoms with Crippen molar-refractivity contribution in [3.63, 3.8) is 0 Å². The van der Waals surface area contributed by atoms with Gasteiger partial charge in [0.2, 0.25) is 0 Å². The monoisotopic (exact) mass is 315 g/mol. The van der Waals surface area contributed by atoms with Gasteiger partial charge in [-0.1, -0.05) is 0 Å². The quantitative estimate of drug-likeness (QED) is 0.853. The molecule has 5 nitrogen and oxygen atoms in total. The number of benzene rings is 1. The van der Waals surface area contributed by atoms with Gasteiger partial charge >= 0.3 is 0 Å². The van der Waals surface area contributed by atoms with E-state index in [1.165, 1.54) is 25.2 Å². The second kappa shape index (κ2) is 5.02. The maximum Gasteiger partial charge on any atom is 0.264 e. The first-order valence-electron chi connectivity index (χ1n) is 5.73. The van der Waals surface area contributed by atoms with Gasteiger partial charge in [0.1, 0.15) is 5.82 Å². The lowest BCUT2D eigenvalue weighted by molar-refractivity contribution is 0.598. The number of halogens is 1. The molecule has 1 heterocycles. The fraction of sp³-hybridized carbons (Fsp3) is 0.250. The summed E-state index contributed by atoms with van der Waals surface area (Å²) in [6.07, 6.45) is 1.57. The van der Waals surface area contributed by atoms with E-state index in [9.17, 15) is 12.8 Å². The predicted molar refractivity (Wildman–Crippen MR) is 77.9 cm³/mol. The number of hydrogen-bond donors (Lipinski definition) is 2. The van der Waals surface area contributed by atoms with Crippen LogP contribution in [0.3, 0.4) is 0 Å². The van der Waals surface area contributed by atoms with Gasteiger partial charge in [-0.15, -0.1) is 11.3 Å². The van der Waals surface area contributed by atoms with Crippen molar-refractivity contribution in [2.24, 2.45) is 0 Å². The second-order valence-electron chi connectivity index (χ2n) is 4.42. The Morgan fingerprint density at radius 1 is 1.35 bits per heavy atom. The first-order valence-corrected chi connectivity index (χ1v) is 8.02. The summed E-state index contributed by atoms with van der Waals surface area (Å²) in [4.78, 5) is 4.82. The van der Waals surface area contributed by atoms with Crippen LogP contribution >= 0.6 is 11.3 Å². The Labute approximate surface area is 120 Å². The topological polar surface area (TPSA) is 85.1 Å². The number of thiazole rings is 1. The van der Waals surface area contributed by atoms with Crippen LogP contribution in [0.2, 0.25) is 0 Å². The standard InChI is InChI=1S/C12H14FN3O2S2/c1-6-4-9(13)10(14)8(3)11(6)20(17,18)16-12-15-5-7(2)19-12/h4-5H,14H2,1-3H3,(H,15,16). The van der Waals surface area contributed by atoms with Crippen LogP contribution in [-0.2, 0) is 10.0 Å². The molecule has 20 heavy (non-hydrogen) atoms. The van der Waals surface area contributed by atoms with E-state index in [2.05, 4.69) is 9.71 Å². The number of aryl methyl sites for hydroxylation is 2. The Kier molecular flexibility index (Phi) is 3.70. The molecular formula is C12H14FN3O2S2. The van der Waals surface area contributed by atoms with Crippen molar-refractivity contribution < 1.29 is 12.8 Å². The summed E-state index contributed by atoms with van der Waals surface area (Å²) in [5.74, 6) is -0.621. The third-order valence-electron chi connectivity index (χ3n) is 2.81. The minimum Gasteiger partial charge on any atom is -0.396 e. The molecule has 0 spiro atoms. The number of anilines is 2. The van der Waals surface area contributed by atoms with Crippen LogP contribution in [0.15, 0.2) is 17.2 Å². The van der Waals surface area contributed by atoms with Crippen molar-refractivity contribution in [1.82, 2.24) is 4.98 Å². The molecule has 0 fully saturated rings. The predicted octanol–water partition coefficient (Wildman–Crippen LogP) is 2.59. The molecule has 0 aliphatic rings. The Morgan fingerprint density at radius 3 is 2.55 bits per heavy atom. The van der Waals surface area contributed by atoms with Crippen LogP contribution in [-0.4, -0.2) is 13.4 Å². The molecule has 0 aliphatic heterocycles. The molecule has 108 valence electrons. The molecule has 0 radical (unpaired) electrons. The number of nitrogen functional groups attached to an aromatic ring is 1. The lowest BCUT2D eigenvalue weighted by Crippen LogP contribution is -2.17. The lowest BCUT2D eigenvalue weighted by atomic mass is 10.1. The largest absolute Gasteiger partial charge is 0.396 e. The zero-order valence-electron chi connectivity index (χ0n) is 11.2. The molecule has 0 aliphatic carbocycles. The van der Waals surface area contributed by atoms with E-state index in [0.29, 0.717) is 5.56 Å². The van der Waals surface area contributed by atoms with Gasteiger partial charge in [0, 0.05) is 11.1 Å². The first kappa shape index (κ1) is 14.7. The van der Waals surface area contributed by atoms with E-state index in [1.54, 1.807) is 6.20 Å². The van der Waals surface area contributed by atoms with Crippen LogP contribution in [0.25, 0.3) is 0 Å². The zero-order valence-corrected chi connectivity index (χ0v) is 12.8. The van der Waals surface area contributed by atoms with Gasteiger partial charge in [0.15, 0.2) is 5.13 Å². The minimum atomic E-state index is -3.85. The fourth-order valence-corrected chi connectivity index (χ4v) is 4.30. The van der Waals surface area contributed by atoms with Crippen molar-refractivity contribution >= 4 is 32.2 Å². The highest BCUT2D eigenvalue weighted by molar-refractivity contribution is 7.93. The molecule has 0 bridgehead atoms. The van der Waals surface area contributed by atoms with E-state index in [1.807, 2.05) is 6.92 Å². The third kappa shape index (κ3) is 2.61. The smallest absolute Gasteiger partial charge is 0.264 e. The van der Waals surface area contributed by atoms with E-state index < -0.39 is 15.8 Å². The van der Waals surface area contributed by atoms with Crippen LogP contribution < -0.4 is 10.5 Å². The van der Waals surface area contributed by atoms with Crippen LogP contribution in [0.4, 0.5) is 15.2 Å². The van der Waals surface area contributed by atoms with E-state index >= 15 is 0 Å². The molecule has 1 aromatic heterocycles. The van der Waals surface area contributed by atoms with Gasteiger partial charge in [0.05, 0.1) is 10.6 Å². The molecule has 0 unspecified atom stereocenters. The fourth-order valence-electron chi connectivity index (χ4n) is 1.91. The zero-order chi connectivity index (χ0) is 15.1. The van der Waals surface area contributed by atoms with Gasteiger partial charge in [-0.2, -0.15) is 0 Å². The molecule has 8 heteroatoms. The van der Waals surface area contributed by atoms with Gasteiger partial charge in [-0.05, 0) is 38.0 Å². The van der Waals surface area contributed by atoms with E-state index in [0.717, 1.165) is 10.9 Å². The molecule has 1 aromatic carbocycles. The van der Waals surface area contributed by atoms with Gasteiger partial charge in [0.25, 0.3) is 10.0 Å². The Morgan fingerprint density at radius 2 is 2.00 bits per heavy atom. The third-order valence-corrected chi connectivity index (χ3v) is 5.40. The molecular weight excluding hydrogens is 301 g/mol. The molecule has 0 saturated carbocycles. The number of sulfonamides is 1. The maximum atomic E-state index is 13.5. The van der Waals surface area contributed by atoms with E-state index in [-0.39, 0.29) is 21.3 Å². The summed E-state index contributed by atoms with van der Waals surface area (Å²) in [5, 5.41) is 0.268. The molecule has 0 atom stereocenters. The maximum absolute atomic E-state index is 13.5. The van der Waals surface area contributed by atoms with Crippen LogP contribution in [0, 0.1) is 26.6 Å². The number of nitrogens with one attached hydrogen (secondary N) is 1. The number of rotatable bonds is 3. The van der Waals surface area contributed by atoms with Gasteiger partial charge in [-0.3, -0.25) is 4.72 Å². The van der Waals surface area contributed by atoms with Crippen molar-refractivity contribution in [3.8, 4) is 0 Å². The average molecular weight is 315 g/mol. The summed E-state index contributed by atoms with van der Waals surface area (Å²) in [5.41, 5.74) is 5.90. The van der Waals surface area contributed by atoms with Crippen LogP contribution in [0.5, 0.6) is 0 Å². The SMILES string of the molecule is Cc1cnc(NS(=O)(=O)c2c(C)cc(F)c(N)c2C)s1. The van der Waals surface area contributed by atoms with Crippen LogP contribution in [0.1, 0.15) is 16.0 Å². The molecule has 2 rings (SSSR count). The first-order chi connectivity index (χ1) is 9.22. The van der Waals surface area contributed by atoms with Crippen molar-refractivity contribution in [1.29, 1.82) is 0 Å². The Hall–Kier alpha value is -1.67. The summed E-state index contributed by atoms with van der Waals surface area (Å²) in [6, 6.07) is 1.12. The minimum absolute atomic E-state index is 0.00995. The van der Waals surface area contributed by atoms with Gasteiger partial charge in [-0.25, -0.2) is 17.8 Å². The highest BCUT2D eigenvalue weighted by Crippen LogP contribution is 2.29. The highest BCUT2D eigenvalue weighted by atomic mass is 32.2. The molecule has 0 saturated heterocycles. The lowest BCUT2D eigenvalue weighted by Gasteiger charge is -2.13. The number of nitrogens with zero attached hydrogens (tertiary/aromatic N) is 1. The van der Waals surface area contributed by atoms with E-state index in [4.69, 9.17) is 5.73 Å². The van der Waals surface area contributed by atoms with Crippen molar-refractivity contribution in [3.05, 3.63) is 34.1 Å². The molecule has 2 aromatic rings. The summed E-state index contributed by atoms with van der Waals surface area (Å²) >= 11 is 1.22.